The Balaban J connectivity index is 2.10. The third kappa shape index (κ3) is 5.44. The van der Waals surface area contributed by atoms with Gasteiger partial charge in [-0.3, -0.25) is 4.79 Å². The smallest absolute Gasteiger partial charge is 0.221 e. The van der Waals surface area contributed by atoms with Crippen LogP contribution in [0.4, 0.5) is 0 Å². The fourth-order valence-electron chi connectivity index (χ4n) is 1.71. The molecular weight excluding hydrogens is 208 g/mol. The van der Waals surface area contributed by atoms with Crippen LogP contribution in [0.3, 0.4) is 0 Å². The zero-order valence-electron chi connectivity index (χ0n) is 9.87. The number of aliphatic hydroxyl groups excluding tert-OH is 1. The number of carbonyl (C=O) groups is 1. The lowest BCUT2D eigenvalue weighted by Gasteiger charge is -2.23. The molecule has 1 fully saturated rings. The number of aliphatic hydroxyl groups is 1. The Morgan fingerprint density at radius 1 is 1.69 bits per heavy atom. The molecule has 0 aromatic heterocycles. The summed E-state index contributed by atoms with van der Waals surface area (Å²) in [7, 11) is 0. The number of hydrogen-bond donors (Lipinski definition) is 3. The predicted molar refractivity (Wildman–Crippen MR) is 61.2 cm³/mol. The third-order valence-corrected chi connectivity index (χ3v) is 2.59. The largest absolute Gasteiger partial charge is 0.391 e. The summed E-state index contributed by atoms with van der Waals surface area (Å²) in [6.07, 6.45) is 1.64. The topological polar surface area (TPSA) is 70.6 Å². The van der Waals surface area contributed by atoms with Crippen molar-refractivity contribution in [3.05, 3.63) is 0 Å². The Morgan fingerprint density at radius 2 is 2.50 bits per heavy atom. The van der Waals surface area contributed by atoms with Crippen molar-refractivity contribution < 1.29 is 14.6 Å². The van der Waals surface area contributed by atoms with Crippen LogP contribution in [0, 0.1) is 0 Å². The monoisotopic (exact) mass is 230 g/mol. The summed E-state index contributed by atoms with van der Waals surface area (Å²) in [5.74, 6) is -0.0295. The van der Waals surface area contributed by atoms with E-state index in [0.717, 1.165) is 19.4 Å². The van der Waals surface area contributed by atoms with Gasteiger partial charge in [-0.1, -0.05) is 13.3 Å². The third-order valence-electron chi connectivity index (χ3n) is 2.59. The summed E-state index contributed by atoms with van der Waals surface area (Å²) >= 11 is 0. The second-order valence-electron chi connectivity index (χ2n) is 4.18. The molecule has 16 heavy (non-hydrogen) atoms. The number of carbonyl (C=O) groups excluding carboxylic acids is 1. The van der Waals surface area contributed by atoms with Crippen molar-refractivity contribution >= 4 is 5.91 Å². The molecule has 3 N–H and O–H groups in total. The van der Waals surface area contributed by atoms with Gasteiger partial charge in [0.2, 0.25) is 5.91 Å². The molecule has 1 rings (SSSR count). The first-order valence-electron chi connectivity index (χ1n) is 5.98. The van der Waals surface area contributed by atoms with Crippen molar-refractivity contribution in [3.8, 4) is 0 Å². The second kappa shape index (κ2) is 7.60. The zero-order chi connectivity index (χ0) is 11.8. The summed E-state index contributed by atoms with van der Waals surface area (Å²) in [4.78, 5) is 11.5. The maximum absolute atomic E-state index is 11.5. The van der Waals surface area contributed by atoms with E-state index in [0.29, 0.717) is 26.2 Å². The Hall–Kier alpha value is -0.650. The maximum Gasteiger partial charge on any atom is 0.221 e. The fraction of sp³-hybridized carbons (Fsp3) is 0.909. The first-order chi connectivity index (χ1) is 7.72. The molecule has 5 nitrogen and oxygen atoms in total. The molecular formula is C11H22N2O3. The minimum atomic E-state index is -0.426. The van der Waals surface area contributed by atoms with Crippen molar-refractivity contribution in [2.45, 2.75) is 38.3 Å². The van der Waals surface area contributed by atoms with E-state index in [-0.39, 0.29) is 11.9 Å². The summed E-state index contributed by atoms with van der Waals surface area (Å²) < 4.78 is 5.26. The van der Waals surface area contributed by atoms with E-state index >= 15 is 0 Å². The van der Waals surface area contributed by atoms with Crippen molar-refractivity contribution in [1.82, 2.24) is 10.6 Å². The van der Waals surface area contributed by atoms with E-state index in [9.17, 15) is 9.90 Å². The molecule has 1 heterocycles. The van der Waals surface area contributed by atoms with E-state index in [1.165, 1.54) is 0 Å². The highest BCUT2D eigenvalue weighted by Gasteiger charge is 2.16. The molecule has 5 heteroatoms. The fourth-order valence-corrected chi connectivity index (χ4v) is 1.71. The number of amides is 1. The van der Waals surface area contributed by atoms with Gasteiger partial charge < -0.3 is 20.5 Å². The average Bonchev–Trinajstić information content (AvgIpc) is 2.28. The van der Waals surface area contributed by atoms with Crippen LogP contribution in [0.25, 0.3) is 0 Å². The van der Waals surface area contributed by atoms with E-state index < -0.39 is 6.10 Å². The van der Waals surface area contributed by atoms with Crippen molar-refractivity contribution in [2.75, 3.05) is 26.3 Å². The highest BCUT2D eigenvalue weighted by Crippen LogP contribution is 1.99. The number of hydrogen-bond acceptors (Lipinski definition) is 4. The SMILES string of the molecule is CCCC(O)CNC(=O)CC1COCCN1. The Labute approximate surface area is 96.6 Å². The highest BCUT2D eigenvalue weighted by atomic mass is 16.5. The lowest BCUT2D eigenvalue weighted by molar-refractivity contribution is -0.122. The minimum absolute atomic E-state index is 0.0295. The van der Waals surface area contributed by atoms with Gasteiger partial charge in [-0.25, -0.2) is 0 Å². The molecule has 1 aliphatic rings. The molecule has 94 valence electrons. The van der Waals surface area contributed by atoms with Crippen LogP contribution in [0.15, 0.2) is 0 Å². The predicted octanol–water partition coefficient (Wildman–Crippen LogP) is -0.358. The van der Waals surface area contributed by atoms with E-state index in [4.69, 9.17) is 4.74 Å². The number of rotatable bonds is 6. The first-order valence-corrected chi connectivity index (χ1v) is 5.98. The van der Waals surface area contributed by atoms with Gasteiger partial charge in [-0.05, 0) is 6.42 Å². The normalized spacial score (nSPS) is 22.8. The van der Waals surface area contributed by atoms with Crippen LogP contribution in [0.2, 0.25) is 0 Å². The molecule has 1 amide bonds. The summed E-state index contributed by atoms with van der Waals surface area (Å²) in [6, 6.07) is 0.108. The molecule has 0 bridgehead atoms. The lowest BCUT2D eigenvalue weighted by Crippen LogP contribution is -2.45. The first kappa shape index (κ1) is 13.4. The molecule has 2 unspecified atom stereocenters. The van der Waals surface area contributed by atoms with Crippen molar-refractivity contribution in [1.29, 1.82) is 0 Å². The second-order valence-corrected chi connectivity index (χ2v) is 4.18. The van der Waals surface area contributed by atoms with Crippen LogP contribution in [-0.4, -0.2) is 49.5 Å². The van der Waals surface area contributed by atoms with Crippen LogP contribution >= 0.6 is 0 Å². The van der Waals surface area contributed by atoms with Gasteiger partial charge in [0.1, 0.15) is 0 Å². The molecule has 1 aliphatic heterocycles. The Kier molecular flexibility index (Phi) is 6.37. The zero-order valence-corrected chi connectivity index (χ0v) is 9.87. The molecule has 0 aromatic carbocycles. The van der Waals surface area contributed by atoms with Crippen LogP contribution in [0.5, 0.6) is 0 Å². The van der Waals surface area contributed by atoms with Gasteiger partial charge in [0.05, 0.1) is 19.3 Å². The number of nitrogens with one attached hydrogen (secondary N) is 2. The van der Waals surface area contributed by atoms with Gasteiger partial charge in [0, 0.05) is 25.6 Å². The van der Waals surface area contributed by atoms with Gasteiger partial charge in [0.25, 0.3) is 0 Å². The lowest BCUT2D eigenvalue weighted by atomic mass is 10.1. The van der Waals surface area contributed by atoms with Crippen molar-refractivity contribution in [3.63, 3.8) is 0 Å². The highest BCUT2D eigenvalue weighted by molar-refractivity contribution is 5.76. The summed E-state index contributed by atoms with van der Waals surface area (Å²) in [5.41, 5.74) is 0. The van der Waals surface area contributed by atoms with Crippen LogP contribution in [0.1, 0.15) is 26.2 Å². The molecule has 0 aliphatic carbocycles. The summed E-state index contributed by atoms with van der Waals surface area (Å²) in [5, 5.41) is 15.4. The average molecular weight is 230 g/mol. The van der Waals surface area contributed by atoms with Gasteiger partial charge >= 0.3 is 0 Å². The van der Waals surface area contributed by atoms with Crippen LogP contribution in [-0.2, 0) is 9.53 Å². The molecule has 1 saturated heterocycles. The molecule has 0 radical (unpaired) electrons. The van der Waals surface area contributed by atoms with Gasteiger partial charge in [-0.2, -0.15) is 0 Å². The standard InChI is InChI=1S/C11H22N2O3/c1-2-3-10(14)7-13-11(15)6-9-8-16-5-4-12-9/h9-10,12,14H,2-8H2,1H3,(H,13,15). The van der Waals surface area contributed by atoms with E-state index in [2.05, 4.69) is 10.6 Å². The minimum Gasteiger partial charge on any atom is -0.391 e. The number of ether oxygens (including phenoxy) is 1. The van der Waals surface area contributed by atoms with Crippen LogP contribution < -0.4 is 10.6 Å². The Bertz CT molecular complexity index is 205. The van der Waals surface area contributed by atoms with E-state index in [1.807, 2.05) is 6.92 Å². The van der Waals surface area contributed by atoms with Gasteiger partial charge in [-0.15, -0.1) is 0 Å². The molecule has 0 saturated carbocycles. The van der Waals surface area contributed by atoms with Crippen molar-refractivity contribution in [2.24, 2.45) is 0 Å². The Morgan fingerprint density at radius 3 is 3.12 bits per heavy atom. The van der Waals surface area contributed by atoms with Gasteiger partial charge in [0.15, 0.2) is 0 Å². The summed E-state index contributed by atoms with van der Waals surface area (Å²) in [6.45, 7) is 4.46. The quantitative estimate of drug-likeness (QED) is 0.583. The molecule has 0 aromatic rings. The maximum atomic E-state index is 11.5. The molecule has 0 spiro atoms. The molecule has 2 atom stereocenters. The number of morpholine rings is 1. The van der Waals surface area contributed by atoms with E-state index in [1.54, 1.807) is 0 Å².